The van der Waals surface area contributed by atoms with Crippen molar-refractivity contribution < 1.29 is 27.4 Å². The van der Waals surface area contributed by atoms with E-state index in [1.165, 1.54) is 25.3 Å². The first-order chi connectivity index (χ1) is 16.8. The lowest BCUT2D eigenvalue weighted by molar-refractivity contribution is -0.120. The lowest BCUT2D eigenvalue weighted by atomic mass is 10.1. The summed E-state index contributed by atoms with van der Waals surface area (Å²) in [5.74, 6) is 1.01. The molecule has 1 N–H and O–H groups in total. The van der Waals surface area contributed by atoms with Crippen LogP contribution in [-0.2, 0) is 14.8 Å². The van der Waals surface area contributed by atoms with E-state index in [1.54, 1.807) is 49.4 Å². The Morgan fingerprint density at radius 2 is 1.77 bits per heavy atom. The second kappa shape index (κ2) is 10.5. The average Bonchev–Trinajstić information content (AvgIpc) is 2.87. The molecule has 0 aromatic heterocycles. The van der Waals surface area contributed by atoms with E-state index in [0.717, 1.165) is 9.87 Å². The van der Waals surface area contributed by atoms with Crippen LogP contribution in [0.3, 0.4) is 0 Å². The van der Waals surface area contributed by atoms with Crippen LogP contribution in [0.4, 0.5) is 5.69 Å². The third-order valence-corrected chi connectivity index (χ3v) is 7.48. The van der Waals surface area contributed by atoms with Gasteiger partial charge in [-0.15, -0.1) is 0 Å². The predicted octanol–water partition coefficient (Wildman–Crippen LogP) is 4.19. The number of nitrogens with one attached hydrogen (secondary N) is 1. The number of halogens is 1. The van der Waals surface area contributed by atoms with Gasteiger partial charge in [0, 0.05) is 5.02 Å². The maximum atomic E-state index is 13.6. The van der Waals surface area contributed by atoms with Gasteiger partial charge in [0.15, 0.2) is 11.5 Å². The number of ether oxygens (including phenoxy) is 3. The van der Waals surface area contributed by atoms with E-state index in [4.69, 9.17) is 25.8 Å². The zero-order valence-electron chi connectivity index (χ0n) is 19.2. The molecule has 0 spiro atoms. The first-order valence-corrected chi connectivity index (χ1v) is 12.7. The molecule has 0 bridgehead atoms. The number of benzene rings is 3. The summed E-state index contributed by atoms with van der Waals surface area (Å²) in [6.07, 6.45) is 0. The molecule has 8 nitrogen and oxygen atoms in total. The number of carbonyl (C=O) groups excluding carboxylic acids is 1. The van der Waals surface area contributed by atoms with Gasteiger partial charge in [-0.25, -0.2) is 8.42 Å². The van der Waals surface area contributed by atoms with Gasteiger partial charge in [0.25, 0.3) is 10.0 Å². The highest BCUT2D eigenvalue weighted by atomic mass is 35.5. The van der Waals surface area contributed by atoms with Gasteiger partial charge < -0.3 is 19.5 Å². The SMILES string of the molecule is COc1ccc(Cl)cc1N(CC(=O)N[C@@H](C)c1ccc2c(c1)OCCO2)S(=O)(=O)c1ccccc1. The van der Waals surface area contributed by atoms with Gasteiger partial charge in [0.1, 0.15) is 25.5 Å². The van der Waals surface area contributed by atoms with Crippen molar-refractivity contribution in [2.45, 2.75) is 17.9 Å². The van der Waals surface area contributed by atoms with E-state index in [0.29, 0.717) is 29.7 Å². The predicted molar refractivity (Wildman–Crippen MR) is 133 cm³/mol. The Balaban J connectivity index is 1.62. The maximum Gasteiger partial charge on any atom is 0.264 e. The topological polar surface area (TPSA) is 94.2 Å². The molecular weight excluding hydrogens is 492 g/mol. The molecule has 1 amide bonds. The van der Waals surface area contributed by atoms with Crippen LogP contribution in [0.25, 0.3) is 0 Å². The summed E-state index contributed by atoms with van der Waals surface area (Å²) in [6, 6.07) is 17.5. The van der Waals surface area contributed by atoms with Crippen molar-refractivity contribution in [3.8, 4) is 17.2 Å². The van der Waals surface area contributed by atoms with Gasteiger partial charge in [-0.1, -0.05) is 35.9 Å². The lowest BCUT2D eigenvalue weighted by Gasteiger charge is -2.27. The van der Waals surface area contributed by atoms with Crippen LogP contribution in [0.5, 0.6) is 17.2 Å². The average molecular weight is 517 g/mol. The molecule has 1 heterocycles. The number of nitrogens with zero attached hydrogens (tertiary/aromatic N) is 1. The van der Waals surface area contributed by atoms with Crippen molar-refractivity contribution in [1.29, 1.82) is 0 Å². The minimum atomic E-state index is -4.11. The van der Waals surface area contributed by atoms with Crippen LogP contribution >= 0.6 is 11.6 Å². The number of hydrogen-bond donors (Lipinski definition) is 1. The van der Waals surface area contributed by atoms with Gasteiger partial charge in [-0.05, 0) is 55.0 Å². The number of hydrogen-bond acceptors (Lipinski definition) is 6. The van der Waals surface area contributed by atoms with Crippen molar-refractivity contribution in [3.63, 3.8) is 0 Å². The highest BCUT2D eigenvalue weighted by Crippen LogP contribution is 2.35. The summed E-state index contributed by atoms with van der Waals surface area (Å²) in [4.78, 5) is 13.2. The number of carbonyl (C=O) groups is 1. The highest BCUT2D eigenvalue weighted by Gasteiger charge is 2.30. The maximum absolute atomic E-state index is 13.6. The van der Waals surface area contributed by atoms with E-state index in [1.807, 2.05) is 6.07 Å². The Morgan fingerprint density at radius 3 is 2.49 bits per heavy atom. The van der Waals surface area contributed by atoms with E-state index < -0.39 is 28.5 Å². The molecule has 10 heteroatoms. The first kappa shape index (κ1) is 24.7. The second-order valence-corrected chi connectivity index (χ2v) is 10.1. The van der Waals surface area contributed by atoms with Gasteiger partial charge in [0.2, 0.25) is 5.91 Å². The fourth-order valence-corrected chi connectivity index (χ4v) is 5.32. The van der Waals surface area contributed by atoms with Crippen molar-refractivity contribution in [2.24, 2.45) is 0 Å². The minimum absolute atomic E-state index is 0.0368. The zero-order valence-corrected chi connectivity index (χ0v) is 20.8. The minimum Gasteiger partial charge on any atom is -0.495 e. The van der Waals surface area contributed by atoms with Gasteiger partial charge in [-0.2, -0.15) is 0 Å². The van der Waals surface area contributed by atoms with Crippen molar-refractivity contribution in [3.05, 3.63) is 77.3 Å². The number of methoxy groups -OCH3 is 1. The molecule has 1 aliphatic rings. The standard InChI is InChI=1S/C25H25ClN2O6S/c1-17(18-8-10-23-24(14-18)34-13-12-33-23)27-25(29)16-28(21-15-19(26)9-11-22(21)32-2)35(30,31)20-6-4-3-5-7-20/h3-11,14-15,17H,12-13,16H2,1-2H3,(H,27,29)/t17-/m0/s1. The fraction of sp³-hybridized carbons (Fsp3) is 0.240. The van der Waals surface area contributed by atoms with Gasteiger partial charge >= 0.3 is 0 Å². The summed E-state index contributed by atoms with van der Waals surface area (Å²) in [5.41, 5.74) is 0.950. The number of amides is 1. The number of anilines is 1. The number of rotatable bonds is 8. The van der Waals surface area contributed by atoms with E-state index in [-0.39, 0.29) is 16.3 Å². The Morgan fingerprint density at radius 1 is 1.06 bits per heavy atom. The molecule has 0 fully saturated rings. The fourth-order valence-electron chi connectivity index (χ4n) is 3.71. The Bertz CT molecular complexity index is 1320. The van der Waals surface area contributed by atoms with Crippen LogP contribution in [-0.4, -0.2) is 41.2 Å². The molecule has 184 valence electrons. The molecule has 0 saturated carbocycles. The quantitative estimate of drug-likeness (QED) is 0.482. The smallest absolute Gasteiger partial charge is 0.264 e. The van der Waals surface area contributed by atoms with Crippen LogP contribution < -0.4 is 23.8 Å². The second-order valence-electron chi connectivity index (χ2n) is 7.83. The van der Waals surface area contributed by atoms with Gasteiger partial charge in [0.05, 0.1) is 23.7 Å². The summed E-state index contributed by atoms with van der Waals surface area (Å²) < 4.78 is 44.7. The van der Waals surface area contributed by atoms with Crippen LogP contribution in [0.1, 0.15) is 18.5 Å². The molecular formula is C25H25ClN2O6S. The monoisotopic (exact) mass is 516 g/mol. The summed E-state index contributed by atoms with van der Waals surface area (Å²) in [5, 5.41) is 3.17. The molecule has 0 radical (unpaired) electrons. The molecule has 0 saturated heterocycles. The summed E-state index contributed by atoms with van der Waals surface area (Å²) in [6.45, 7) is 2.25. The molecule has 1 aliphatic heterocycles. The van der Waals surface area contributed by atoms with Crippen molar-refractivity contribution >= 4 is 33.2 Å². The number of sulfonamides is 1. The Labute approximate surface area is 209 Å². The van der Waals surface area contributed by atoms with Crippen molar-refractivity contribution in [1.82, 2.24) is 5.32 Å². The molecule has 0 aliphatic carbocycles. The first-order valence-electron chi connectivity index (χ1n) is 10.9. The lowest BCUT2D eigenvalue weighted by Crippen LogP contribution is -2.41. The molecule has 0 unspecified atom stereocenters. The molecule has 3 aromatic carbocycles. The number of fused-ring (bicyclic) bond motifs is 1. The zero-order chi connectivity index (χ0) is 25.0. The van der Waals surface area contributed by atoms with E-state index in [2.05, 4.69) is 5.32 Å². The normalized spacial score (nSPS) is 13.6. The summed E-state index contributed by atoms with van der Waals surface area (Å²) in [7, 11) is -2.69. The third kappa shape index (κ3) is 5.47. The Kier molecular flexibility index (Phi) is 7.37. The van der Waals surface area contributed by atoms with Crippen LogP contribution in [0.15, 0.2) is 71.6 Å². The van der Waals surface area contributed by atoms with E-state index >= 15 is 0 Å². The highest BCUT2D eigenvalue weighted by molar-refractivity contribution is 7.92. The molecule has 3 aromatic rings. The summed E-state index contributed by atoms with van der Waals surface area (Å²) >= 11 is 6.17. The Hall–Kier alpha value is -3.43. The van der Waals surface area contributed by atoms with Crippen molar-refractivity contribution in [2.75, 3.05) is 31.2 Å². The van der Waals surface area contributed by atoms with E-state index in [9.17, 15) is 13.2 Å². The van der Waals surface area contributed by atoms with Crippen LogP contribution in [0, 0.1) is 0 Å². The largest absolute Gasteiger partial charge is 0.495 e. The van der Waals surface area contributed by atoms with Crippen LogP contribution in [0.2, 0.25) is 5.02 Å². The third-order valence-electron chi connectivity index (χ3n) is 5.47. The van der Waals surface area contributed by atoms with Gasteiger partial charge in [-0.3, -0.25) is 9.10 Å². The molecule has 4 rings (SSSR count). The molecule has 1 atom stereocenters. The molecule has 35 heavy (non-hydrogen) atoms.